The second-order valence-electron chi connectivity index (χ2n) is 4.21. The maximum atomic E-state index is 11.4. The van der Waals surface area contributed by atoms with Gasteiger partial charge in [0.25, 0.3) is 0 Å². The lowest BCUT2D eigenvalue weighted by molar-refractivity contribution is -0.137. The Morgan fingerprint density at radius 2 is 1.88 bits per heavy atom. The van der Waals surface area contributed by atoms with Crippen LogP contribution in [0.1, 0.15) is 58.8 Å². The van der Waals surface area contributed by atoms with E-state index in [0.717, 1.165) is 12.8 Å². The fourth-order valence-corrected chi connectivity index (χ4v) is 1.52. The number of carboxylic acids is 1. The quantitative estimate of drug-likeness (QED) is 0.596. The summed E-state index contributed by atoms with van der Waals surface area (Å²) in [5.74, 6) is -0.881. The molecule has 0 heterocycles. The number of carboxylic acid groups (broad SMARTS) is 1. The largest absolute Gasteiger partial charge is 0.481 e. The SMILES string of the molecule is CCCCCC(C)NC(=O)CCCC(=O)O. The fraction of sp³-hybridized carbons (Fsp3) is 0.833. The molecule has 1 amide bonds. The molecule has 0 aromatic rings. The van der Waals surface area contributed by atoms with Gasteiger partial charge in [-0.3, -0.25) is 9.59 Å². The first-order valence-corrected chi connectivity index (χ1v) is 6.07. The van der Waals surface area contributed by atoms with Crippen molar-refractivity contribution >= 4 is 11.9 Å². The van der Waals surface area contributed by atoms with Crippen LogP contribution in [0.15, 0.2) is 0 Å². The molecule has 0 radical (unpaired) electrons. The number of rotatable bonds is 9. The van der Waals surface area contributed by atoms with E-state index < -0.39 is 5.97 Å². The van der Waals surface area contributed by atoms with E-state index in [9.17, 15) is 9.59 Å². The standard InChI is InChI=1S/C12H23NO3/c1-3-4-5-7-10(2)13-11(14)8-6-9-12(15)16/h10H,3-9H2,1-2H3,(H,13,14)(H,15,16). The van der Waals surface area contributed by atoms with Crippen LogP contribution < -0.4 is 5.32 Å². The first kappa shape index (κ1) is 14.9. The van der Waals surface area contributed by atoms with Crippen molar-refractivity contribution in [1.82, 2.24) is 5.32 Å². The van der Waals surface area contributed by atoms with Crippen LogP contribution in [0.25, 0.3) is 0 Å². The van der Waals surface area contributed by atoms with Gasteiger partial charge >= 0.3 is 5.97 Å². The summed E-state index contributed by atoms with van der Waals surface area (Å²) in [6.45, 7) is 4.14. The van der Waals surface area contributed by atoms with E-state index in [2.05, 4.69) is 12.2 Å². The van der Waals surface area contributed by atoms with E-state index in [1.165, 1.54) is 12.8 Å². The molecule has 0 spiro atoms. The van der Waals surface area contributed by atoms with Gasteiger partial charge in [0.1, 0.15) is 0 Å². The van der Waals surface area contributed by atoms with Gasteiger partial charge in [0.2, 0.25) is 5.91 Å². The predicted molar refractivity (Wildman–Crippen MR) is 63.2 cm³/mol. The number of carbonyl (C=O) groups is 2. The van der Waals surface area contributed by atoms with E-state index in [0.29, 0.717) is 12.8 Å². The Hall–Kier alpha value is -1.06. The lowest BCUT2D eigenvalue weighted by Crippen LogP contribution is -2.32. The molecule has 0 saturated carbocycles. The second kappa shape index (κ2) is 9.19. The smallest absolute Gasteiger partial charge is 0.303 e. The van der Waals surface area contributed by atoms with Crippen LogP contribution in [0.3, 0.4) is 0 Å². The molecule has 94 valence electrons. The minimum Gasteiger partial charge on any atom is -0.481 e. The Morgan fingerprint density at radius 1 is 1.19 bits per heavy atom. The molecular formula is C12H23NO3. The highest BCUT2D eigenvalue weighted by Gasteiger charge is 2.07. The van der Waals surface area contributed by atoms with Gasteiger partial charge in [-0.1, -0.05) is 26.2 Å². The molecule has 0 aromatic heterocycles. The first-order valence-electron chi connectivity index (χ1n) is 6.07. The Bertz CT molecular complexity index is 216. The van der Waals surface area contributed by atoms with Crippen LogP contribution >= 0.6 is 0 Å². The lowest BCUT2D eigenvalue weighted by atomic mass is 10.1. The molecule has 0 aliphatic rings. The maximum absolute atomic E-state index is 11.4. The van der Waals surface area contributed by atoms with Crippen LogP contribution in [0.4, 0.5) is 0 Å². The molecule has 4 nitrogen and oxygen atoms in total. The Balaban J connectivity index is 3.50. The number of aliphatic carboxylic acids is 1. The van der Waals surface area contributed by atoms with Crippen molar-refractivity contribution in [2.45, 2.75) is 64.8 Å². The van der Waals surface area contributed by atoms with Crippen molar-refractivity contribution in [3.63, 3.8) is 0 Å². The van der Waals surface area contributed by atoms with Crippen molar-refractivity contribution in [2.75, 3.05) is 0 Å². The maximum Gasteiger partial charge on any atom is 0.303 e. The summed E-state index contributed by atoms with van der Waals surface area (Å²) < 4.78 is 0. The molecular weight excluding hydrogens is 206 g/mol. The zero-order valence-electron chi connectivity index (χ0n) is 10.3. The molecule has 0 aliphatic carbocycles. The van der Waals surface area contributed by atoms with Gasteiger partial charge in [0, 0.05) is 18.9 Å². The third-order valence-electron chi connectivity index (χ3n) is 2.44. The Labute approximate surface area is 97.4 Å². The number of carbonyl (C=O) groups excluding carboxylic acids is 1. The van der Waals surface area contributed by atoms with Crippen molar-refractivity contribution in [3.05, 3.63) is 0 Å². The second-order valence-corrected chi connectivity index (χ2v) is 4.21. The van der Waals surface area contributed by atoms with Gasteiger partial charge in [0.15, 0.2) is 0 Å². The van der Waals surface area contributed by atoms with Gasteiger partial charge in [-0.05, 0) is 19.8 Å². The molecule has 4 heteroatoms. The van der Waals surface area contributed by atoms with Gasteiger partial charge in [-0.2, -0.15) is 0 Å². The molecule has 0 rings (SSSR count). The van der Waals surface area contributed by atoms with Crippen molar-refractivity contribution < 1.29 is 14.7 Å². The van der Waals surface area contributed by atoms with Gasteiger partial charge in [0.05, 0.1) is 0 Å². The molecule has 1 atom stereocenters. The normalized spacial score (nSPS) is 12.1. The number of unbranched alkanes of at least 4 members (excludes halogenated alkanes) is 2. The van der Waals surface area contributed by atoms with Crippen molar-refractivity contribution in [1.29, 1.82) is 0 Å². The van der Waals surface area contributed by atoms with Crippen molar-refractivity contribution in [3.8, 4) is 0 Å². The zero-order chi connectivity index (χ0) is 12.4. The van der Waals surface area contributed by atoms with E-state index >= 15 is 0 Å². The zero-order valence-corrected chi connectivity index (χ0v) is 10.3. The fourth-order valence-electron chi connectivity index (χ4n) is 1.52. The Kier molecular flexibility index (Phi) is 8.58. The summed E-state index contributed by atoms with van der Waals surface area (Å²) in [6, 6.07) is 0.198. The van der Waals surface area contributed by atoms with Crippen molar-refractivity contribution in [2.24, 2.45) is 0 Å². The summed E-state index contributed by atoms with van der Waals surface area (Å²) in [6.07, 6.45) is 5.30. The summed E-state index contributed by atoms with van der Waals surface area (Å²) >= 11 is 0. The highest BCUT2D eigenvalue weighted by molar-refractivity contribution is 5.76. The molecule has 2 N–H and O–H groups in total. The van der Waals surface area contributed by atoms with Crippen LogP contribution in [0, 0.1) is 0 Å². The average molecular weight is 229 g/mol. The highest BCUT2D eigenvalue weighted by Crippen LogP contribution is 2.03. The van der Waals surface area contributed by atoms with Gasteiger partial charge in [-0.15, -0.1) is 0 Å². The minimum absolute atomic E-state index is 0.0368. The molecule has 1 unspecified atom stereocenters. The average Bonchev–Trinajstić information content (AvgIpc) is 2.17. The molecule has 0 saturated heterocycles. The monoisotopic (exact) mass is 229 g/mol. The Morgan fingerprint density at radius 3 is 2.44 bits per heavy atom. The molecule has 0 fully saturated rings. The molecule has 0 bridgehead atoms. The topological polar surface area (TPSA) is 66.4 Å². The van der Waals surface area contributed by atoms with E-state index in [-0.39, 0.29) is 18.4 Å². The molecule has 16 heavy (non-hydrogen) atoms. The van der Waals surface area contributed by atoms with Crippen LogP contribution in [0.2, 0.25) is 0 Å². The van der Waals surface area contributed by atoms with Crippen LogP contribution in [-0.4, -0.2) is 23.0 Å². The lowest BCUT2D eigenvalue weighted by Gasteiger charge is -2.13. The predicted octanol–water partition coefficient (Wildman–Crippen LogP) is 2.33. The summed E-state index contributed by atoms with van der Waals surface area (Å²) in [5, 5.41) is 11.3. The summed E-state index contributed by atoms with van der Waals surface area (Å²) in [4.78, 5) is 21.6. The number of amides is 1. The highest BCUT2D eigenvalue weighted by atomic mass is 16.4. The van der Waals surface area contributed by atoms with Gasteiger partial charge in [-0.25, -0.2) is 0 Å². The number of hydrogen-bond donors (Lipinski definition) is 2. The number of nitrogens with one attached hydrogen (secondary N) is 1. The van der Waals surface area contributed by atoms with Crippen LogP contribution in [0.5, 0.6) is 0 Å². The molecule has 0 aliphatic heterocycles. The van der Waals surface area contributed by atoms with Crippen LogP contribution in [-0.2, 0) is 9.59 Å². The molecule has 0 aromatic carbocycles. The third-order valence-corrected chi connectivity index (χ3v) is 2.44. The van der Waals surface area contributed by atoms with E-state index in [1.54, 1.807) is 0 Å². The van der Waals surface area contributed by atoms with E-state index in [4.69, 9.17) is 5.11 Å². The first-order chi connectivity index (χ1) is 7.56. The minimum atomic E-state index is -0.844. The summed E-state index contributed by atoms with van der Waals surface area (Å²) in [5.41, 5.74) is 0. The van der Waals surface area contributed by atoms with Gasteiger partial charge < -0.3 is 10.4 Å². The number of hydrogen-bond acceptors (Lipinski definition) is 2. The van der Waals surface area contributed by atoms with E-state index in [1.807, 2.05) is 6.92 Å². The summed E-state index contributed by atoms with van der Waals surface area (Å²) in [7, 11) is 0. The third kappa shape index (κ3) is 9.49.